The number of rotatable bonds is 5. The van der Waals surface area contributed by atoms with E-state index in [9.17, 15) is 9.59 Å². The molecular formula is C22H22N6O3. The van der Waals surface area contributed by atoms with Crippen LogP contribution in [-0.4, -0.2) is 46.6 Å². The first-order chi connectivity index (χ1) is 15.1. The van der Waals surface area contributed by atoms with Crippen LogP contribution in [0, 0.1) is 0 Å². The molecule has 31 heavy (non-hydrogen) atoms. The van der Waals surface area contributed by atoms with Crippen molar-refractivity contribution < 1.29 is 14.3 Å². The summed E-state index contributed by atoms with van der Waals surface area (Å²) in [5.74, 6) is 0.703. The van der Waals surface area contributed by atoms with Gasteiger partial charge in [-0.05, 0) is 40.5 Å². The van der Waals surface area contributed by atoms with Crippen LogP contribution in [0.3, 0.4) is 0 Å². The summed E-state index contributed by atoms with van der Waals surface area (Å²) in [7, 11) is 0. The van der Waals surface area contributed by atoms with Crippen molar-refractivity contribution in [3.8, 4) is 11.1 Å². The second-order valence-corrected chi connectivity index (χ2v) is 7.77. The number of H-pyrrole nitrogens is 1. The van der Waals surface area contributed by atoms with E-state index in [2.05, 4.69) is 43.8 Å². The van der Waals surface area contributed by atoms with E-state index in [1.807, 2.05) is 24.3 Å². The Morgan fingerprint density at radius 1 is 1.16 bits per heavy atom. The normalized spacial score (nSPS) is 17.6. The van der Waals surface area contributed by atoms with E-state index in [1.165, 1.54) is 18.1 Å². The Morgan fingerprint density at radius 3 is 2.68 bits per heavy atom. The SMILES string of the molecule is CC(=O)NC[C@H]1CN(c2ccc(-c3ccc4c(c3)CN(c3cn[nH]n3)C4)cc2)C(=O)O1. The van der Waals surface area contributed by atoms with Crippen LogP contribution in [0.25, 0.3) is 11.1 Å². The van der Waals surface area contributed by atoms with Crippen LogP contribution in [0.2, 0.25) is 0 Å². The number of hydrogen-bond donors (Lipinski definition) is 2. The summed E-state index contributed by atoms with van der Waals surface area (Å²) in [4.78, 5) is 27.1. The van der Waals surface area contributed by atoms with Gasteiger partial charge in [-0.15, -0.1) is 5.10 Å². The number of carbonyl (C=O) groups is 2. The van der Waals surface area contributed by atoms with Gasteiger partial charge in [0.15, 0.2) is 5.82 Å². The molecule has 2 N–H and O–H groups in total. The quantitative estimate of drug-likeness (QED) is 0.660. The average Bonchev–Trinajstić information content (AvgIpc) is 3.51. The predicted molar refractivity (Wildman–Crippen MR) is 114 cm³/mol. The Kier molecular flexibility index (Phi) is 4.78. The first-order valence-corrected chi connectivity index (χ1v) is 10.1. The molecule has 9 heteroatoms. The molecule has 5 rings (SSSR count). The molecule has 0 aliphatic carbocycles. The first-order valence-electron chi connectivity index (χ1n) is 10.1. The molecule has 2 aromatic carbocycles. The van der Waals surface area contributed by atoms with E-state index in [1.54, 1.807) is 11.1 Å². The smallest absolute Gasteiger partial charge is 0.414 e. The molecule has 0 spiro atoms. The van der Waals surface area contributed by atoms with Crippen molar-refractivity contribution in [2.45, 2.75) is 26.1 Å². The van der Waals surface area contributed by atoms with Crippen LogP contribution in [0.15, 0.2) is 48.7 Å². The number of anilines is 2. The number of benzene rings is 2. The average molecular weight is 418 g/mol. The summed E-state index contributed by atoms with van der Waals surface area (Å²) in [6, 6.07) is 14.3. The molecule has 0 radical (unpaired) electrons. The second-order valence-electron chi connectivity index (χ2n) is 7.77. The van der Waals surface area contributed by atoms with Crippen molar-refractivity contribution in [2.24, 2.45) is 0 Å². The van der Waals surface area contributed by atoms with Crippen LogP contribution < -0.4 is 15.1 Å². The molecule has 2 aliphatic rings. The van der Waals surface area contributed by atoms with E-state index in [0.717, 1.165) is 35.7 Å². The molecule has 9 nitrogen and oxygen atoms in total. The molecule has 1 aromatic heterocycles. The Balaban J connectivity index is 1.29. The molecule has 0 unspecified atom stereocenters. The summed E-state index contributed by atoms with van der Waals surface area (Å²) < 4.78 is 5.34. The van der Waals surface area contributed by atoms with Crippen LogP contribution >= 0.6 is 0 Å². The third kappa shape index (κ3) is 3.81. The number of amides is 2. The van der Waals surface area contributed by atoms with Crippen molar-refractivity contribution in [1.29, 1.82) is 0 Å². The second kappa shape index (κ2) is 7.75. The number of nitrogens with zero attached hydrogens (tertiary/aromatic N) is 4. The molecule has 158 valence electrons. The predicted octanol–water partition coefficient (Wildman–Crippen LogP) is 2.45. The van der Waals surface area contributed by atoms with E-state index in [0.29, 0.717) is 13.1 Å². The lowest BCUT2D eigenvalue weighted by atomic mass is 10.0. The Labute approximate surface area is 179 Å². The first kappa shape index (κ1) is 19.1. The number of aromatic amines is 1. The van der Waals surface area contributed by atoms with E-state index in [-0.39, 0.29) is 12.0 Å². The van der Waals surface area contributed by atoms with Gasteiger partial charge in [-0.2, -0.15) is 10.3 Å². The van der Waals surface area contributed by atoms with E-state index in [4.69, 9.17) is 4.74 Å². The number of hydrogen-bond acceptors (Lipinski definition) is 6. The maximum absolute atomic E-state index is 12.2. The van der Waals surface area contributed by atoms with Crippen molar-refractivity contribution in [3.05, 3.63) is 59.8 Å². The van der Waals surface area contributed by atoms with Crippen molar-refractivity contribution >= 4 is 23.5 Å². The van der Waals surface area contributed by atoms with Gasteiger partial charge in [-0.25, -0.2) is 4.79 Å². The van der Waals surface area contributed by atoms with Crippen molar-refractivity contribution in [1.82, 2.24) is 20.7 Å². The van der Waals surface area contributed by atoms with Gasteiger partial charge in [0, 0.05) is 25.7 Å². The minimum atomic E-state index is -0.395. The van der Waals surface area contributed by atoms with Crippen LogP contribution in [0.4, 0.5) is 16.3 Å². The number of fused-ring (bicyclic) bond motifs is 1. The molecule has 0 saturated carbocycles. The van der Waals surface area contributed by atoms with E-state index < -0.39 is 6.09 Å². The molecule has 0 bridgehead atoms. The highest BCUT2D eigenvalue weighted by molar-refractivity contribution is 5.90. The molecule has 1 fully saturated rings. The minimum Gasteiger partial charge on any atom is -0.442 e. The number of ether oxygens (including phenoxy) is 1. The van der Waals surface area contributed by atoms with E-state index >= 15 is 0 Å². The standard InChI is InChI=1S/C22H22N6O3/c1-14(29)23-9-20-13-28(22(30)31-20)19-6-4-15(5-7-19)16-2-3-17-11-27(12-18(17)8-16)21-10-24-26-25-21/h2-8,10,20H,9,11-13H2,1H3,(H,23,29)(H,24,25,26)/t20-/m0/s1. The lowest BCUT2D eigenvalue weighted by molar-refractivity contribution is -0.119. The number of carbonyl (C=O) groups excluding carboxylic acids is 2. The summed E-state index contributed by atoms with van der Waals surface area (Å²) in [5, 5.41) is 13.4. The fourth-order valence-corrected chi connectivity index (χ4v) is 4.01. The van der Waals surface area contributed by atoms with Gasteiger partial charge >= 0.3 is 6.09 Å². The monoisotopic (exact) mass is 418 g/mol. The maximum atomic E-state index is 12.2. The molecule has 1 atom stereocenters. The minimum absolute atomic E-state index is 0.141. The molecule has 2 aliphatic heterocycles. The summed E-state index contributed by atoms with van der Waals surface area (Å²) in [6.07, 6.45) is 0.990. The third-order valence-electron chi connectivity index (χ3n) is 5.62. The van der Waals surface area contributed by atoms with Gasteiger partial charge in [0.1, 0.15) is 6.10 Å². The van der Waals surface area contributed by atoms with Crippen LogP contribution in [0.1, 0.15) is 18.1 Å². The summed E-state index contributed by atoms with van der Waals surface area (Å²) in [5.41, 5.74) is 5.54. The number of cyclic esters (lactones) is 1. The zero-order chi connectivity index (χ0) is 21.4. The molecule has 1 saturated heterocycles. The highest BCUT2D eigenvalue weighted by Gasteiger charge is 2.32. The van der Waals surface area contributed by atoms with Crippen molar-refractivity contribution in [3.63, 3.8) is 0 Å². The van der Waals surface area contributed by atoms with Gasteiger partial charge in [-0.1, -0.05) is 24.3 Å². The van der Waals surface area contributed by atoms with Gasteiger partial charge in [0.05, 0.1) is 19.3 Å². The van der Waals surface area contributed by atoms with Gasteiger partial charge in [-0.3, -0.25) is 9.69 Å². The zero-order valence-corrected chi connectivity index (χ0v) is 17.0. The lowest BCUT2D eigenvalue weighted by Crippen LogP contribution is -2.33. The number of nitrogens with one attached hydrogen (secondary N) is 2. The largest absolute Gasteiger partial charge is 0.442 e. The van der Waals surface area contributed by atoms with Gasteiger partial charge in [0.2, 0.25) is 5.91 Å². The molecule has 3 heterocycles. The zero-order valence-electron chi connectivity index (χ0n) is 17.0. The number of aromatic nitrogens is 3. The third-order valence-corrected chi connectivity index (χ3v) is 5.62. The maximum Gasteiger partial charge on any atom is 0.414 e. The Morgan fingerprint density at radius 2 is 1.94 bits per heavy atom. The highest BCUT2D eigenvalue weighted by atomic mass is 16.6. The molecule has 3 aromatic rings. The summed E-state index contributed by atoms with van der Waals surface area (Å²) >= 11 is 0. The molecule has 2 amide bonds. The fourth-order valence-electron chi connectivity index (χ4n) is 4.01. The Hall–Kier alpha value is -3.88. The van der Waals surface area contributed by atoms with Gasteiger partial charge < -0.3 is 15.0 Å². The fraction of sp³-hybridized carbons (Fsp3) is 0.273. The van der Waals surface area contributed by atoms with Gasteiger partial charge in [0.25, 0.3) is 0 Å². The Bertz CT molecular complexity index is 1110. The molecular weight excluding hydrogens is 396 g/mol. The van der Waals surface area contributed by atoms with Crippen LogP contribution in [-0.2, 0) is 22.6 Å². The van der Waals surface area contributed by atoms with Crippen LogP contribution in [0.5, 0.6) is 0 Å². The topological polar surface area (TPSA) is 103 Å². The summed E-state index contributed by atoms with van der Waals surface area (Å²) in [6.45, 7) is 3.78. The lowest BCUT2D eigenvalue weighted by Gasteiger charge is -2.14. The van der Waals surface area contributed by atoms with Crippen molar-refractivity contribution in [2.75, 3.05) is 22.9 Å². The highest BCUT2D eigenvalue weighted by Crippen LogP contribution is 2.31.